The standard InChI is InChI=1S/C45H38N4O6/c1-55-38-24-26(12-23-37(38)50)39-33-21-22-34-40(44(53)48(42(34)51)31-17-13-29(14-18-31)46-27-8-4-2-5-9-27)35(33)25-36-41(39)45(54)49(43(36)52)32-19-15-30(16-20-32)47-28-10-6-3-7-11-28/h2-21,23-24,34-36,39-41,46-47,50H,22,25H2,1H3/t34-,35+,36+,39-,40-,41+/m0/s1. The number of benzene rings is 5. The first-order valence-electron chi connectivity index (χ1n) is 18.5. The zero-order valence-electron chi connectivity index (χ0n) is 30.0. The molecule has 0 aromatic heterocycles. The van der Waals surface area contributed by atoms with Gasteiger partial charge in [0.1, 0.15) is 0 Å². The summed E-state index contributed by atoms with van der Waals surface area (Å²) in [5.41, 5.74) is 5.96. The highest BCUT2D eigenvalue weighted by Gasteiger charge is 2.62. The van der Waals surface area contributed by atoms with Gasteiger partial charge in [0.2, 0.25) is 23.6 Å². The second kappa shape index (κ2) is 13.6. The number of methoxy groups -OCH3 is 1. The number of para-hydroxylation sites is 2. The average molecular weight is 731 g/mol. The van der Waals surface area contributed by atoms with Crippen LogP contribution in [0.25, 0.3) is 0 Å². The van der Waals surface area contributed by atoms with Crippen LogP contribution in [0.3, 0.4) is 0 Å². The lowest BCUT2D eigenvalue weighted by Crippen LogP contribution is -2.43. The fraction of sp³-hybridized carbons (Fsp3) is 0.200. The van der Waals surface area contributed by atoms with Crippen LogP contribution >= 0.6 is 0 Å². The number of phenolic OH excluding ortho intramolecular Hbond substituents is 1. The number of nitrogens with one attached hydrogen (secondary N) is 2. The zero-order chi connectivity index (χ0) is 37.8. The van der Waals surface area contributed by atoms with E-state index in [0.29, 0.717) is 23.4 Å². The molecule has 55 heavy (non-hydrogen) atoms. The van der Waals surface area contributed by atoms with Gasteiger partial charge in [0.15, 0.2) is 11.5 Å². The Morgan fingerprint density at radius 1 is 0.582 bits per heavy atom. The molecule has 0 radical (unpaired) electrons. The lowest BCUT2D eigenvalue weighted by molar-refractivity contribution is -0.126. The van der Waals surface area contributed by atoms with Crippen LogP contribution in [0.5, 0.6) is 11.5 Å². The molecule has 4 aliphatic rings. The van der Waals surface area contributed by atoms with E-state index in [1.54, 1.807) is 36.4 Å². The van der Waals surface area contributed by atoms with Gasteiger partial charge in [0, 0.05) is 28.7 Å². The maximum atomic E-state index is 14.6. The van der Waals surface area contributed by atoms with Gasteiger partial charge in [-0.15, -0.1) is 0 Å². The second-order valence-electron chi connectivity index (χ2n) is 14.6. The summed E-state index contributed by atoms with van der Waals surface area (Å²) < 4.78 is 5.47. The van der Waals surface area contributed by atoms with Crippen molar-refractivity contribution in [3.8, 4) is 11.5 Å². The molecule has 9 rings (SSSR count). The number of ether oxygens (including phenoxy) is 1. The van der Waals surface area contributed by atoms with Crippen molar-refractivity contribution < 1.29 is 29.0 Å². The van der Waals surface area contributed by atoms with Crippen LogP contribution in [0, 0.1) is 29.6 Å². The highest BCUT2D eigenvalue weighted by Crippen LogP contribution is 2.59. The Labute approximate surface area is 318 Å². The first kappa shape index (κ1) is 34.1. The summed E-state index contributed by atoms with van der Waals surface area (Å²) in [6.07, 6.45) is 2.60. The molecule has 0 bridgehead atoms. The van der Waals surface area contributed by atoms with Crippen LogP contribution < -0.4 is 25.2 Å². The van der Waals surface area contributed by atoms with Crippen LogP contribution in [0.4, 0.5) is 34.1 Å². The molecule has 1 saturated carbocycles. The van der Waals surface area contributed by atoms with Crippen molar-refractivity contribution in [3.05, 3.63) is 145 Å². The first-order chi connectivity index (χ1) is 26.8. The van der Waals surface area contributed by atoms with Gasteiger partial charge >= 0.3 is 0 Å². The smallest absolute Gasteiger partial charge is 0.238 e. The van der Waals surface area contributed by atoms with Gasteiger partial charge < -0.3 is 20.5 Å². The molecule has 3 N–H and O–H groups in total. The van der Waals surface area contributed by atoms with E-state index in [1.807, 2.05) is 91.0 Å². The molecule has 2 heterocycles. The normalized spacial score (nSPS) is 24.2. The van der Waals surface area contributed by atoms with Crippen molar-refractivity contribution in [1.82, 2.24) is 0 Å². The van der Waals surface area contributed by atoms with Crippen molar-refractivity contribution in [2.75, 3.05) is 27.5 Å². The molecule has 3 fully saturated rings. The van der Waals surface area contributed by atoms with Gasteiger partial charge in [-0.25, -0.2) is 0 Å². The van der Waals surface area contributed by atoms with Gasteiger partial charge in [-0.2, -0.15) is 0 Å². The Hall–Kier alpha value is -6.68. The Kier molecular flexibility index (Phi) is 8.45. The van der Waals surface area contributed by atoms with Crippen molar-refractivity contribution in [2.24, 2.45) is 29.6 Å². The van der Waals surface area contributed by atoms with Gasteiger partial charge in [-0.05, 0) is 109 Å². The maximum absolute atomic E-state index is 14.6. The number of hydrogen-bond acceptors (Lipinski definition) is 8. The third-order valence-corrected chi connectivity index (χ3v) is 11.6. The quantitative estimate of drug-likeness (QED) is 0.109. The summed E-state index contributed by atoms with van der Waals surface area (Å²) >= 11 is 0. The Bertz CT molecular complexity index is 2350. The summed E-state index contributed by atoms with van der Waals surface area (Å²) in [7, 11) is 1.46. The largest absolute Gasteiger partial charge is 0.504 e. The number of rotatable bonds is 8. The maximum Gasteiger partial charge on any atom is 0.238 e. The molecule has 5 aromatic carbocycles. The number of fused-ring (bicyclic) bond motifs is 4. The number of imide groups is 2. The molecule has 6 atom stereocenters. The molecule has 5 aromatic rings. The summed E-state index contributed by atoms with van der Waals surface area (Å²) in [6.45, 7) is 0. The zero-order valence-corrected chi connectivity index (χ0v) is 30.0. The van der Waals surface area contributed by atoms with Crippen LogP contribution in [-0.2, 0) is 19.2 Å². The molecule has 10 heteroatoms. The second-order valence-corrected chi connectivity index (χ2v) is 14.6. The van der Waals surface area contributed by atoms with Gasteiger partial charge in [0.25, 0.3) is 0 Å². The molecule has 4 amide bonds. The third-order valence-electron chi connectivity index (χ3n) is 11.6. The molecular weight excluding hydrogens is 693 g/mol. The molecule has 2 aliphatic carbocycles. The molecule has 10 nitrogen and oxygen atoms in total. The van der Waals surface area contributed by atoms with Crippen LogP contribution in [0.2, 0.25) is 0 Å². The van der Waals surface area contributed by atoms with Crippen LogP contribution in [-0.4, -0.2) is 35.8 Å². The van der Waals surface area contributed by atoms with Gasteiger partial charge in [0.05, 0.1) is 42.2 Å². The van der Waals surface area contributed by atoms with E-state index in [9.17, 15) is 24.3 Å². The topological polar surface area (TPSA) is 128 Å². The average Bonchev–Trinajstić information content (AvgIpc) is 3.62. The Balaban J connectivity index is 1.05. The fourth-order valence-corrected chi connectivity index (χ4v) is 9.12. The summed E-state index contributed by atoms with van der Waals surface area (Å²) in [4.78, 5) is 60.2. The van der Waals surface area contributed by atoms with Crippen molar-refractivity contribution in [3.63, 3.8) is 0 Å². The Morgan fingerprint density at radius 3 is 1.64 bits per heavy atom. The number of nitrogens with zero attached hydrogens (tertiary/aromatic N) is 2. The number of allylic oxidation sites excluding steroid dienone is 2. The lowest BCUT2D eigenvalue weighted by Gasteiger charge is -2.44. The summed E-state index contributed by atoms with van der Waals surface area (Å²) in [6, 6.07) is 38.8. The summed E-state index contributed by atoms with van der Waals surface area (Å²) in [5, 5.41) is 17.2. The molecular formula is C45H38N4O6. The van der Waals surface area contributed by atoms with E-state index in [1.165, 1.54) is 23.0 Å². The Morgan fingerprint density at radius 2 is 1.09 bits per heavy atom. The number of anilines is 6. The molecule has 274 valence electrons. The van der Waals surface area contributed by atoms with E-state index >= 15 is 0 Å². The highest BCUT2D eigenvalue weighted by atomic mass is 16.5. The van der Waals surface area contributed by atoms with Gasteiger partial charge in [-0.1, -0.05) is 54.1 Å². The van der Waals surface area contributed by atoms with E-state index in [0.717, 1.165) is 28.3 Å². The number of carbonyl (C=O) groups is 4. The van der Waals surface area contributed by atoms with E-state index in [-0.39, 0.29) is 41.5 Å². The number of hydrogen-bond donors (Lipinski definition) is 3. The van der Waals surface area contributed by atoms with Crippen molar-refractivity contribution in [1.29, 1.82) is 0 Å². The van der Waals surface area contributed by atoms with Crippen LogP contribution in [0.1, 0.15) is 24.3 Å². The monoisotopic (exact) mass is 730 g/mol. The molecule has 0 spiro atoms. The summed E-state index contributed by atoms with van der Waals surface area (Å²) in [5.74, 6) is -4.85. The number of aromatic hydroxyl groups is 1. The van der Waals surface area contributed by atoms with E-state index in [4.69, 9.17) is 4.74 Å². The molecule has 0 unspecified atom stereocenters. The predicted molar refractivity (Wildman–Crippen MR) is 209 cm³/mol. The fourth-order valence-electron chi connectivity index (χ4n) is 9.12. The number of phenols is 1. The van der Waals surface area contributed by atoms with E-state index < -0.39 is 35.5 Å². The number of amides is 4. The molecule has 2 saturated heterocycles. The van der Waals surface area contributed by atoms with E-state index in [2.05, 4.69) is 10.6 Å². The number of carbonyl (C=O) groups excluding carboxylic acids is 4. The predicted octanol–water partition coefficient (Wildman–Crippen LogP) is 7.93. The van der Waals surface area contributed by atoms with Crippen LogP contribution in [0.15, 0.2) is 139 Å². The SMILES string of the molecule is COc1cc([C@H]2C3=CC[C@@H]4C(=O)N(c5ccc(Nc6ccccc6)cc5)C(=O)[C@@H]4[C@@H]3C[C@H]3C(=O)N(c4ccc(Nc5ccccc5)cc4)C(=O)[C@@H]23)ccc1O. The minimum atomic E-state index is -0.754. The van der Waals surface area contributed by atoms with Crippen molar-refractivity contribution >= 4 is 57.8 Å². The minimum absolute atomic E-state index is 0.0512. The molecule has 2 aliphatic heterocycles. The third kappa shape index (κ3) is 5.81. The van der Waals surface area contributed by atoms with Crippen molar-refractivity contribution in [2.45, 2.75) is 18.8 Å². The first-order valence-corrected chi connectivity index (χ1v) is 18.5. The minimum Gasteiger partial charge on any atom is -0.504 e. The van der Waals surface area contributed by atoms with Gasteiger partial charge in [-0.3, -0.25) is 29.0 Å². The lowest BCUT2D eigenvalue weighted by atomic mass is 9.57. The highest BCUT2D eigenvalue weighted by molar-refractivity contribution is 6.24.